The largest absolute Gasteiger partial charge is 0.349 e. The van der Waals surface area contributed by atoms with Crippen molar-refractivity contribution in [2.24, 2.45) is 5.92 Å². The molecule has 0 saturated heterocycles. The van der Waals surface area contributed by atoms with E-state index in [0.29, 0.717) is 6.04 Å². The standard InChI is InChI=1S/C14H18BrNO/c1-9-3-5-11(7-9)16-14(17)12-6-4-10(2)8-13(12)15/h4,6,8-9,11H,3,5,7H2,1-2H3,(H,16,17). The Bertz CT molecular complexity index is 430. The van der Waals surface area contributed by atoms with Crippen LogP contribution in [0.25, 0.3) is 0 Å². The van der Waals surface area contributed by atoms with Crippen LogP contribution in [-0.4, -0.2) is 11.9 Å². The number of amides is 1. The summed E-state index contributed by atoms with van der Waals surface area (Å²) < 4.78 is 0.876. The number of hydrogen-bond donors (Lipinski definition) is 1. The fraction of sp³-hybridized carbons (Fsp3) is 0.500. The minimum absolute atomic E-state index is 0.0379. The van der Waals surface area contributed by atoms with Crippen LogP contribution in [0, 0.1) is 12.8 Å². The van der Waals surface area contributed by atoms with Gasteiger partial charge in [-0.1, -0.05) is 13.0 Å². The predicted molar refractivity (Wildman–Crippen MR) is 73.1 cm³/mol. The molecule has 1 saturated carbocycles. The van der Waals surface area contributed by atoms with Gasteiger partial charge < -0.3 is 5.32 Å². The minimum Gasteiger partial charge on any atom is -0.349 e. The number of rotatable bonds is 2. The lowest BCUT2D eigenvalue weighted by Gasteiger charge is -2.13. The highest BCUT2D eigenvalue weighted by molar-refractivity contribution is 9.10. The molecule has 0 heterocycles. The number of hydrogen-bond acceptors (Lipinski definition) is 1. The molecule has 2 atom stereocenters. The fourth-order valence-corrected chi connectivity index (χ4v) is 3.08. The third kappa shape index (κ3) is 3.09. The monoisotopic (exact) mass is 295 g/mol. The Morgan fingerprint density at radius 2 is 2.18 bits per heavy atom. The maximum atomic E-state index is 12.1. The third-order valence-corrected chi connectivity index (χ3v) is 4.06. The first-order valence-corrected chi connectivity index (χ1v) is 6.92. The molecule has 1 N–H and O–H groups in total. The second kappa shape index (κ2) is 5.21. The van der Waals surface area contributed by atoms with Crippen molar-refractivity contribution >= 4 is 21.8 Å². The van der Waals surface area contributed by atoms with Gasteiger partial charge in [-0.3, -0.25) is 4.79 Å². The maximum Gasteiger partial charge on any atom is 0.252 e. The van der Waals surface area contributed by atoms with Gasteiger partial charge in [0.15, 0.2) is 0 Å². The van der Waals surface area contributed by atoms with Crippen molar-refractivity contribution in [3.8, 4) is 0 Å². The van der Waals surface area contributed by atoms with Crippen molar-refractivity contribution in [1.82, 2.24) is 5.32 Å². The molecule has 0 aliphatic heterocycles. The van der Waals surface area contributed by atoms with Gasteiger partial charge in [-0.15, -0.1) is 0 Å². The third-order valence-electron chi connectivity index (χ3n) is 3.40. The van der Waals surface area contributed by atoms with Gasteiger partial charge in [0, 0.05) is 10.5 Å². The SMILES string of the molecule is Cc1ccc(C(=O)NC2CCC(C)C2)c(Br)c1. The summed E-state index contributed by atoms with van der Waals surface area (Å²) in [6.45, 7) is 4.26. The smallest absolute Gasteiger partial charge is 0.252 e. The second-order valence-corrected chi connectivity index (χ2v) is 5.93. The highest BCUT2D eigenvalue weighted by Gasteiger charge is 2.23. The van der Waals surface area contributed by atoms with Gasteiger partial charge >= 0.3 is 0 Å². The summed E-state index contributed by atoms with van der Waals surface area (Å²) >= 11 is 3.45. The summed E-state index contributed by atoms with van der Waals surface area (Å²) in [6.07, 6.45) is 3.44. The van der Waals surface area contributed by atoms with E-state index in [0.717, 1.165) is 34.4 Å². The van der Waals surface area contributed by atoms with Gasteiger partial charge in [0.05, 0.1) is 5.56 Å². The lowest BCUT2D eigenvalue weighted by molar-refractivity contribution is 0.0936. The van der Waals surface area contributed by atoms with Crippen molar-refractivity contribution < 1.29 is 4.79 Å². The molecule has 1 amide bonds. The lowest BCUT2D eigenvalue weighted by atomic mass is 10.1. The fourth-order valence-electron chi connectivity index (χ4n) is 2.41. The van der Waals surface area contributed by atoms with Crippen molar-refractivity contribution in [1.29, 1.82) is 0 Å². The summed E-state index contributed by atoms with van der Waals surface area (Å²) in [5.74, 6) is 0.776. The van der Waals surface area contributed by atoms with E-state index >= 15 is 0 Å². The zero-order valence-electron chi connectivity index (χ0n) is 10.3. The number of halogens is 1. The van der Waals surface area contributed by atoms with E-state index in [1.807, 2.05) is 25.1 Å². The summed E-state index contributed by atoms with van der Waals surface area (Å²) in [4.78, 5) is 12.1. The average Bonchev–Trinajstić information content (AvgIpc) is 2.63. The summed E-state index contributed by atoms with van der Waals surface area (Å²) in [6, 6.07) is 6.18. The molecule has 3 heteroatoms. The van der Waals surface area contributed by atoms with Gasteiger partial charge in [0.2, 0.25) is 0 Å². The van der Waals surface area contributed by atoms with Crippen LogP contribution in [0.3, 0.4) is 0 Å². The van der Waals surface area contributed by atoms with Crippen LogP contribution >= 0.6 is 15.9 Å². The van der Waals surface area contributed by atoms with E-state index in [9.17, 15) is 4.79 Å². The molecule has 2 rings (SSSR count). The van der Waals surface area contributed by atoms with Crippen LogP contribution in [0.4, 0.5) is 0 Å². The van der Waals surface area contributed by atoms with Crippen molar-refractivity contribution in [2.45, 2.75) is 39.2 Å². The van der Waals surface area contributed by atoms with Crippen molar-refractivity contribution in [2.75, 3.05) is 0 Å². The Balaban J connectivity index is 2.04. The molecule has 17 heavy (non-hydrogen) atoms. The molecule has 92 valence electrons. The van der Waals surface area contributed by atoms with Gasteiger partial charge in [-0.2, -0.15) is 0 Å². The number of carbonyl (C=O) groups is 1. The molecule has 1 aliphatic carbocycles. The molecule has 1 aromatic carbocycles. The first kappa shape index (κ1) is 12.6. The van der Waals surface area contributed by atoms with E-state index in [1.54, 1.807) is 0 Å². The van der Waals surface area contributed by atoms with E-state index < -0.39 is 0 Å². The Morgan fingerprint density at radius 3 is 2.76 bits per heavy atom. The molecule has 2 unspecified atom stereocenters. The molecular formula is C14H18BrNO. The molecular weight excluding hydrogens is 278 g/mol. The molecule has 1 aromatic rings. The first-order valence-electron chi connectivity index (χ1n) is 6.13. The zero-order chi connectivity index (χ0) is 12.4. The summed E-state index contributed by atoms with van der Waals surface area (Å²) in [5, 5.41) is 3.12. The molecule has 0 spiro atoms. The molecule has 2 nitrogen and oxygen atoms in total. The Morgan fingerprint density at radius 1 is 1.41 bits per heavy atom. The van der Waals surface area contributed by atoms with Crippen LogP contribution in [0.5, 0.6) is 0 Å². The highest BCUT2D eigenvalue weighted by atomic mass is 79.9. The van der Waals surface area contributed by atoms with Gasteiger partial charge in [0.1, 0.15) is 0 Å². The van der Waals surface area contributed by atoms with Crippen LogP contribution < -0.4 is 5.32 Å². The molecule has 1 aliphatic rings. The maximum absolute atomic E-state index is 12.1. The second-order valence-electron chi connectivity index (χ2n) is 5.07. The Kier molecular flexibility index (Phi) is 3.87. The lowest BCUT2D eigenvalue weighted by Crippen LogP contribution is -2.33. The van der Waals surface area contributed by atoms with Crippen LogP contribution in [0.1, 0.15) is 42.1 Å². The summed E-state index contributed by atoms with van der Waals surface area (Å²) in [7, 11) is 0. The van der Waals surface area contributed by atoms with E-state index in [2.05, 4.69) is 28.2 Å². The van der Waals surface area contributed by atoms with Crippen molar-refractivity contribution in [3.05, 3.63) is 33.8 Å². The number of nitrogens with one attached hydrogen (secondary N) is 1. The van der Waals surface area contributed by atoms with Crippen LogP contribution in [0.2, 0.25) is 0 Å². The number of aryl methyl sites for hydroxylation is 1. The van der Waals surface area contributed by atoms with Gasteiger partial charge in [-0.05, 0) is 65.7 Å². The minimum atomic E-state index is 0.0379. The quantitative estimate of drug-likeness (QED) is 0.886. The van der Waals surface area contributed by atoms with E-state index in [-0.39, 0.29) is 5.91 Å². The van der Waals surface area contributed by atoms with Gasteiger partial charge in [-0.25, -0.2) is 0 Å². The first-order chi connectivity index (χ1) is 8.06. The molecule has 0 radical (unpaired) electrons. The topological polar surface area (TPSA) is 29.1 Å². The zero-order valence-corrected chi connectivity index (χ0v) is 11.9. The van der Waals surface area contributed by atoms with E-state index in [1.165, 1.54) is 6.42 Å². The van der Waals surface area contributed by atoms with E-state index in [4.69, 9.17) is 0 Å². The van der Waals surface area contributed by atoms with Crippen LogP contribution in [0.15, 0.2) is 22.7 Å². The normalized spacial score (nSPS) is 23.7. The van der Waals surface area contributed by atoms with Crippen LogP contribution in [-0.2, 0) is 0 Å². The molecule has 0 aromatic heterocycles. The van der Waals surface area contributed by atoms with Crippen molar-refractivity contribution in [3.63, 3.8) is 0 Å². The Labute approximate surface area is 111 Å². The number of benzene rings is 1. The van der Waals surface area contributed by atoms with Gasteiger partial charge in [0.25, 0.3) is 5.91 Å². The highest BCUT2D eigenvalue weighted by Crippen LogP contribution is 2.25. The predicted octanol–water partition coefficient (Wildman–Crippen LogP) is 3.68. The number of carbonyl (C=O) groups excluding carboxylic acids is 1. The summed E-state index contributed by atoms with van der Waals surface area (Å²) in [5.41, 5.74) is 1.89. The Hall–Kier alpha value is -0.830. The molecule has 0 bridgehead atoms. The molecule has 1 fully saturated rings. The average molecular weight is 296 g/mol.